The fourth-order valence-electron chi connectivity index (χ4n) is 2.38. The number of carbonyl (C=O) groups is 1. The third kappa shape index (κ3) is 3.77. The number of likely N-dealkylation sites (N-methyl/N-ethyl adjacent to an activating group) is 1. The van der Waals surface area contributed by atoms with E-state index in [9.17, 15) is 9.18 Å². The molecule has 0 aliphatic carbocycles. The fourth-order valence-corrected chi connectivity index (χ4v) is 2.38. The van der Waals surface area contributed by atoms with Crippen LogP contribution in [0.15, 0.2) is 18.2 Å². The van der Waals surface area contributed by atoms with Gasteiger partial charge in [-0.25, -0.2) is 4.39 Å². The maximum atomic E-state index is 13.6. The second-order valence-electron chi connectivity index (χ2n) is 5.10. The zero-order valence-corrected chi connectivity index (χ0v) is 11.9. The number of methoxy groups -OCH3 is 1. The Balaban J connectivity index is 1.91. The van der Waals surface area contributed by atoms with Crippen LogP contribution in [0.2, 0.25) is 0 Å². The number of ketones is 1. The molecule has 20 heavy (non-hydrogen) atoms. The summed E-state index contributed by atoms with van der Waals surface area (Å²) in [6.45, 7) is 1.78. The van der Waals surface area contributed by atoms with Crippen LogP contribution in [0, 0.1) is 5.82 Å². The van der Waals surface area contributed by atoms with Gasteiger partial charge in [-0.2, -0.15) is 0 Å². The monoisotopic (exact) mass is 281 g/mol. The average molecular weight is 281 g/mol. The minimum atomic E-state index is -0.514. The molecule has 1 aliphatic heterocycles. The summed E-state index contributed by atoms with van der Waals surface area (Å²) in [6.07, 6.45) is 2.33. The predicted molar refractivity (Wildman–Crippen MR) is 73.8 cm³/mol. The molecule has 0 radical (unpaired) electrons. The van der Waals surface area contributed by atoms with Crippen LogP contribution < -0.4 is 4.74 Å². The summed E-state index contributed by atoms with van der Waals surface area (Å²) < 4.78 is 23.9. The highest BCUT2D eigenvalue weighted by atomic mass is 19.1. The van der Waals surface area contributed by atoms with Gasteiger partial charge in [0.2, 0.25) is 0 Å². The highest BCUT2D eigenvalue weighted by molar-refractivity contribution is 5.97. The lowest BCUT2D eigenvalue weighted by atomic mass is 10.1. The van der Waals surface area contributed by atoms with Crippen molar-refractivity contribution in [2.75, 3.05) is 33.9 Å². The van der Waals surface area contributed by atoms with E-state index in [4.69, 9.17) is 9.47 Å². The Kier molecular flexibility index (Phi) is 5.09. The molecule has 1 atom stereocenters. The molecule has 0 aromatic heterocycles. The molecule has 1 aromatic carbocycles. The van der Waals surface area contributed by atoms with Crippen molar-refractivity contribution >= 4 is 5.78 Å². The molecule has 1 saturated heterocycles. The number of Topliss-reactive ketones (excluding diaryl/α,β-unsaturated/α-hetero) is 1. The fraction of sp³-hybridized carbons (Fsp3) is 0.533. The summed E-state index contributed by atoms with van der Waals surface area (Å²) >= 11 is 0. The first-order valence-corrected chi connectivity index (χ1v) is 6.77. The van der Waals surface area contributed by atoms with Gasteiger partial charge in [-0.1, -0.05) is 0 Å². The summed E-state index contributed by atoms with van der Waals surface area (Å²) in [7, 11) is 3.27. The first kappa shape index (κ1) is 14.9. The van der Waals surface area contributed by atoms with Crippen molar-refractivity contribution in [3.63, 3.8) is 0 Å². The highest BCUT2D eigenvalue weighted by Crippen LogP contribution is 2.18. The molecule has 5 heteroatoms. The molecule has 1 heterocycles. The van der Waals surface area contributed by atoms with Gasteiger partial charge in [0, 0.05) is 18.7 Å². The second kappa shape index (κ2) is 6.81. The Bertz CT molecular complexity index is 472. The molecule has 0 saturated carbocycles. The molecule has 1 fully saturated rings. The Hall–Kier alpha value is -1.46. The maximum Gasteiger partial charge on any atom is 0.176 e. The molecule has 0 bridgehead atoms. The van der Waals surface area contributed by atoms with Gasteiger partial charge in [-0.3, -0.25) is 9.69 Å². The molecule has 1 aromatic rings. The zero-order chi connectivity index (χ0) is 14.5. The van der Waals surface area contributed by atoms with E-state index < -0.39 is 5.82 Å². The number of hydrogen-bond acceptors (Lipinski definition) is 4. The van der Waals surface area contributed by atoms with E-state index in [1.54, 1.807) is 6.07 Å². The molecular weight excluding hydrogens is 261 g/mol. The molecule has 1 aliphatic rings. The van der Waals surface area contributed by atoms with Crippen molar-refractivity contribution in [3.05, 3.63) is 29.6 Å². The third-order valence-corrected chi connectivity index (χ3v) is 3.43. The van der Waals surface area contributed by atoms with E-state index in [-0.39, 0.29) is 24.2 Å². The van der Waals surface area contributed by atoms with Crippen LogP contribution >= 0.6 is 0 Å². The highest BCUT2D eigenvalue weighted by Gasteiger charge is 2.19. The number of halogens is 1. The molecular formula is C15H20FNO3. The van der Waals surface area contributed by atoms with Crippen molar-refractivity contribution < 1.29 is 18.7 Å². The van der Waals surface area contributed by atoms with Crippen LogP contribution in [-0.2, 0) is 4.74 Å². The SMILES string of the molecule is COc1ccc(C(=O)CN(C)CC2CCCO2)cc1F. The van der Waals surface area contributed by atoms with Crippen LogP contribution in [0.25, 0.3) is 0 Å². The van der Waals surface area contributed by atoms with Crippen LogP contribution in [0.5, 0.6) is 5.75 Å². The smallest absolute Gasteiger partial charge is 0.176 e. The molecule has 4 nitrogen and oxygen atoms in total. The van der Waals surface area contributed by atoms with Gasteiger partial charge in [0.15, 0.2) is 17.3 Å². The lowest BCUT2D eigenvalue weighted by molar-refractivity contribution is 0.0740. The summed E-state index contributed by atoms with van der Waals surface area (Å²) in [5.74, 6) is -0.471. The number of hydrogen-bond donors (Lipinski definition) is 0. The zero-order valence-electron chi connectivity index (χ0n) is 11.9. The lowest BCUT2D eigenvalue weighted by Gasteiger charge is -2.19. The number of nitrogens with zero attached hydrogens (tertiary/aromatic N) is 1. The van der Waals surface area contributed by atoms with E-state index >= 15 is 0 Å². The van der Waals surface area contributed by atoms with E-state index in [2.05, 4.69) is 0 Å². The Morgan fingerprint density at radius 3 is 2.95 bits per heavy atom. The van der Waals surface area contributed by atoms with Crippen LogP contribution in [-0.4, -0.2) is 50.6 Å². The lowest BCUT2D eigenvalue weighted by Crippen LogP contribution is -2.33. The molecule has 0 amide bonds. The van der Waals surface area contributed by atoms with Crippen molar-refractivity contribution in [1.29, 1.82) is 0 Å². The Morgan fingerprint density at radius 2 is 2.35 bits per heavy atom. The molecule has 0 spiro atoms. The van der Waals surface area contributed by atoms with Gasteiger partial charge in [-0.05, 0) is 38.1 Å². The van der Waals surface area contributed by atoms with E-state index in [1.165, 1.54) is 19.2 Å². The quantitative estimate of drug-likeness (QED) is 0.749. The normalized spacial score (nSPS) is 18.5. The van der Waals surface area contributed by atoms with Crippen LogP contribution in [0.3, 0.4) is 0 Å². The Labute approximate surface area is 118 Å². The van der Waals surface area contributed by atoms with E-state index in [0.717, 1.165) is 26.0 Å². The molecule has 0 N–H and O–H groups in total. The van der Waals surface area contributed by atoms with Crippen LogP contribution in [0.1, 0.15) is 23.2 Å². The molecule has 110 valence electrons. The van der Waals surface area contributed by atoms with E-state index in [0.29, 0.717) is 5.56 Å². The first-order chi connectivity index (χ1) is 9.60. The van der Waals surface area contributed by atoms with Crippen molar-refractivity contribution in [3.8, 4) is 5.75 Å². The van der Waals surface area contributed by atoms with Crippen molar-refractivity contribution in [2.24, 2.45) is 0 Å². The minimum Gasteiger partial charge on any atom is -0.494 e. The Morgan fingerprint density at radius 1 is 1.55 bits per heavy atom. The number of benzene rings is 1. The number of rotatable bonds is 6. The maximum absolute atomic E-state index is 13.6. The van der Waals surface area contributed by atoms with Gasteiger partial charge in [0.25, 0.3) is 0 Å². The second-order valence-corrected chi connectivity index (χ2v) is 5.10. The summed E-state index contributed by atoms with van der Waals surface area (Å²) in [5, 5.41) is 0. The van der Waals surface area contributed by atoms with Gasteiger partial charge < -0.3 is 9.47 Å². The minimum absolute atomic E-state index is 0.105. The summed E-state index contributed by atoms with van der Waals surface area (Å²) in [4.78, 5) is 14.0. The van der Waals surface area contributed by atoms with Gasteiger partial charge in [0.05, 0.1) is 19.8 Å². The largest absolute Gasteiger partial charge is 0.494 e. The molecule has 1 unspecified atom stereocenters. The van der Waals surface area contributed by atoms with Gasteiger partial charge >= 0.3 is 0 Å². The summed E-state index contributed by atoms with van der Waals surface area (Å²) in [5.41, 5.74) is 0.363. The topological polar surface area (TPSA) is 38.8 Å². The van der Waals surface area contributed by atoms with Gasteiger partial charge in [-0.15, -0.1) is 0 Å². The van der Waals surface area contributed by atoms with Crippen molar-refractivity contribution in [2.45, 2.75) is 18.9 Å². The third-order valence-electron chi connectivity index (χ3n) is 3.43. The summed E-state index contributed by atoms with van der Waals surface area (Å²) in [6, 6.07) is 4.29. The number of carbonyl (C=O) groups excluding carboxylic acids is 1. The van der Waals surface area contributed by atoms with Gasteiger partial charge in [0.1, 0.15) is 0 Å². The standard InChI is InChI=1S/C15H20FNO3/c1-17(9-12-4-3-7-20-12)10-14(18)11-5-6-15(19-2)13(16)8-11/h5-6,8,12H,3-4,7,9-10H2,1-2H3. The average Bonchev–Trinajstić information content (AvgIpc) is 2.91. The first-order valence-electron chi connectivity index (χ1n) is 6.77. The predicted octanol–water partition coefficient (Wildman–Crippen LogP) is 2.13. The van der Waals surface area contributed by atoms with Crippen molar-refractivity contribution in [1.82, 2.24) is 4.90 Å². The van der Waals surface area contributed by atoms with Crippen LogP contribution in [0.4, 0.5) is 4.39 Å². The van der Waals surface area contributed by atoms with E-state index in [1.807, 2.05) is 11.9 Å². The number of ether oxygens (including phenoxy) is 2. The molecule has 2 rings (SSSR count).